The second-order valence-corrected chi connectivity index (χ2v) is 7.21. The number of guanidine groups is 1. The summed E-state index contributed by atoms with van der Waals surface area (Å²) in [6.45, 7) is 6.16. The Balaban J connectivity index is 0.00000280. The van der Waals surface area contributed by atoms with Crippen molar-refractivity contribution < 1.29 is 4.79 Å². The third-order valence-corrected chi connectivity index (χ3v) is 4.81. The van der Waals surface area contributed by atoms with Crippen LogP contribution in [0.25, 0.3) is 0 Å². The van der Waals surface area contributed by atoms with Crippen LogP contribution in [-0.2, 0) is 17.8 Å². The predicted molar refractivity (Wildman–Crippen MR) is 126 cm³/mol. The molecule has 0 unspecified atom stereocenters. The molecule has 3 rings (SSSR count). The Morgan fingerprint density at radius 2 is 1.82 bits per heavy atom. The fourth-order valence-electron chi connectivity index (χ4n) is 3.53. The summed E-state index contributed by atoms with van der Waals surface area (Å²) < 4.78 is 0. The van der Waals surface area contributed by atoms with E-state index in [9.17, 15) is 4.79 Å². The molecule has 1 heterocycles. The summed E-state index contributed by atoms with van der Waals surface area (Å²) in [4.78, 5) is 18.7. The summed E-state index contributed by atoms with van der Waals surface area (Å²) >= 11 is 0. The molecule has 0 fully saturated rings. The van der Waals surface area contributed by atoms with Gasteiger partial charge >= 0.3 is 0 Å². The van der Waals surface area contributed by atoms with Crippen molar-refractivity contribution in [3.8, 4) is 0 Å². The van der Waals surface area contributed by atoms with Gasteiger partial charge in [-0.3, -0.25) is 9.79 Å². The maximum Gasteiger partial charge on any atom is 0.222 e. The van der Waals surface area contributed by atoms with Crippen LogP contribution in [0.5, 0.6) is 0 Å². The third-order valence-electron chi connectivity index (χ3n) is 4.81. The van der Waals surface area contributed by atoms with E-state index in [0.717, 1.165) is 18.7 Å². The van der Waals surface area contributed by atoms with E-state index in [1.807, 2.05) is 23.1 Å². The molecular weight excluding hydrogens is 463 g/mol. The molecule has 0 saturated carbocycles. The summed E-state index contributed by atoms with van der Waals surface area (Å²) in [5.74, 6) is 0.583. The quantitative estimate of drug-likeness (QED) is 0.287. The molecule has 0 aromatic heterocycles. The minimum atomic E-state index is 0. The summed E-state index contributed by atoms with van der Waals surface area (Å²) in [5, 5.41) is 3.12. The first-order valence-electron chi connectivity index (χ1n) is 9.51. The molecule has 5 nitrogen and oxygen atoms in total. The Morgan fingerprint density at radius 1 is 1.14 bits per heavy atom. The number of carbonyl (C=O) groups excluding carboxylic acids is 1. The van der Waals surface area contributed by atoms with Crippen LogP contribution in [0.3, 0.4) is 0 Å². The van der Waals surface area contributed by atoms with E-state index in [1.54, 1.807) is 0 Å². The Labute approximate surface area is 184 Å². The van der Waals surface area contributed by atoms with Crippen molar-refractivity contribution in [2.24, 2.45) is 10.7 Å². The molecule has 1 aliphatic rings. The van der Waals surface area contributed by atoms with Crippen LogP contribution in [0.4, 0.5) is 5.69 Å². The van der Waals surface area contributed by atoms with E-state index in [-0.39, 0.29) is 29.9 Å². The van der Waals surface area contributed by atoms with Gasteiger partial charge in [0.15, 0.2) is 5.96 Å². The van der Waals surface area contributed by atoms with Gasteiger partial charge in [-0.2, -0.15) is 0 Å². The van der Waals surface area contributed by atoms with Crippen LogP contribution in [0.15, 0.2) is 47.5 Å². The van der Waals surface area contributed by atoms with E-state index in [0.29, 0.717) is 31.9 Å². The fraction of sp³-hybridized carbons (Fsp3) is 0.364. The predicted octanol–water partition coefficient (Wildman–Crippen LogP) is 4.01. The number of fused-ring (bicyclic) bond motifs is 1. The monoisotopic (exact) mass is 492 g/mol. The van der Waals surface area contributed by atoms with Gasteiger partial charge in [-0.05, 0) is 61.1 Å². The lowest BCUT2D eigenvalue weighted by Crippen LogP contribution is -2.35. The number of nitrogens with two attached hydrogens (primary N) is 1. The van der Waals surface area contributed by atoms with Crippen LogP contribution in [0.1, 0.15) is 35.1 Å². The van der Waals surface area contributed by atoms with Crippen molar-refractivity contribution in [3.05, 3.63) is 64.7 Å². The largest absolute Gasteiger partial charge is 0.370 e. The number of nitrogens with one attached hydrogen (secondary N) is 1. The molecule has 0 saturated heterocycles. The fourth-order valence-corrected chi connectivity index (χ4v) is 3.53. The minimum Gasteiger partial charge on any atom is -0.370 e. The lowest BCUT2D eigenvalue weighted by molar-refractivity contribution is -0.132. The number of hydrogen-bond donors (Lipinski definition) is 2. The van der Waals surface area contributed by atoms with Gasteiger partial charge in [-0.15, -0.1) is 24.0 Å². The number of rotatable bonds is 5. The molecule has 150 valence electrons. The number of aliphatic imine (C=N–C) groups is 1. The average molecular weight is 492 g/mol. The Hall–Kier alpha value is -2.09. The van der Waals surface area contributed by atoms with Crippen LogP contribution >= 0.6 is 24.0 Å². The number of hydrogen-bond acceptors (Lipinski definition) is 2. The minimum absolute atomic E-state index is 0. The molecule has 1 amide bonds. The zero-order valence-corrected chi connectivity index (χ0v) is 18.9. The first-order valence-corrected chi connectivity index (χ1v) is 9.51. The standard InChI is InChI=1S/C22H28N4O.HI/c1-16-12-17(2)14-20(13-16)25-22(23)24-10-5-8-21(27)26-11-9-18-6-3-4-7-19(18)15-26;/h3-4,6-7,12-14H,5,8-11,15H2,1-2H3,(H3,23,24,25);1H. The zero-order chi connectivity index (χ0) is 19.2. The normalized spacial score (nSPS) is 13.5. The maximum atomic E-state index is 12.4. The molecule has 28 heavy (non-hydrogen) atoms. The van der Waals surface area contributed by atoms with Gasteiger partial charge in [0.25, 0.3) is 0 Å². The van der Waals surface area contributed by atoms with Gasteiger partial charge in [0, 0.05) is 31.7 Å². The highest BCUT2D eigenvalue weighted by atomic mass is 127. The van der Waals surface area contributed by atoms with Gasteiger partial charge in [0.1, 0.15) is 0 Å². The molecule has 6 heteroatoms. The lowest BCUT2D eigenvalue weighted by Gasteiger charge is -2.28. The van der Waals surface area contributed by atoms with E-state index >= 15 is 0 Å². The number of amides is 1. The number of anilines is 1. The highest BCUT2D eigenvalue weighted by Gasteiger charge is 2.19. The molecular formula is C22H29IN4O. The van der Waals surface area contributed by atoms with Gasteiger partial charge in [-0.1, -0.05) is 30.3 Å². The second kappa shape index (κ2) is 10.5. The zero-order valence-electron chi connectivity index (χ0n) is 16.6. The molecule has 2 aromatic rings. The number of nitrogens with zero attached hydrogens (tertiary/aromatic N) is 2. The SMILES string of the molecule is Cc1cc(C)cc(NC(N)=NCCCC(=O)N2CCc3ccccc3C2)c1.I. The third kappa shape index (κ3) is 6.22. The molecule has 0 radical (unpaired) electrons. The number of halogens is 1. The van der Waals surface area contributed by atoms with E-state index in [1.165, 1.54) is 22.3 Å². The van der Waals surface area contributed by atoms with E-state index in [2.05, 4.69) is 48.4 Å². The lowest BCUT2D eigenvalue weighted by atomic mass is 9.99. The Bertz CT molecular complexity index is 830. The molecule has 1 aliphatic heterocycles. The smallest absolute Gasteiger partial charge is 0.222 e. The molecule has 2 aromatic carbocycles. The second-order valence-electron chi connectivity index (χ2n) is 7.21. The van der Waals surface area contributed by atoms with Crippen molar-refractivity contribution >= 4 is 41.5 Å². The molecule has 0 aliphatic carbocycles. The van der Waals surface area contributed by atoms with Crippen LogP contribution in [0, 0.1) is 13.8 Å². The topological polar surface area (TPSA) is 70.7 Å². The summed E-state index contributed by atoms with van der Waals surface area (Å²) in [6.07, 6.45) is 2.14. The van der Waals surface area contributed by atoms with Gasteiger partial charge in [-0.25, -0.2) is 0 Å². The number of benzene rings is 2. The Kier molecular flexibility index (Phi) is 8.29. The molecule has 3 N–H and O–H groups in total. The van der Waals surface area contributed by atoms with E-state index in [4.69, 9.17) is 5.73 Å². The van der Waals surface area contributed by atoms with Crippen molar-refractivity contribution in [2.45, 2.75) is 39.7 Å². The van der Waals surface area contributed by atoms with Crippen molar-refractivity contribution in [1.82, 2.24) is 4.90 Å². The summed E-state index contributed by atoms with van der Waals surface area (Å²) in [7, 11) is 0. The highest BCUT2D eigenvalue weighted by Crippen LogP contribution is 2.19. The number of carbonyl (C=O) groups is 1. The van der Waals surface area contributed by atoms with Crippen molar-refractivity contribution in [3.63, 3.8) is 0 Å². The highest BCUT2D eigenvalue weighted by molar-refractivity contribution is 14.0. The van der Waals surface area contributed by atoms with Gasteiger partial charge in [0.2, 0.25) is 5.91 Å². The summed E-state index contributed by atoms with van der Waals surface area (Å²) in [5.41, 5.74) is 11.9. The van der Waals surface area contributed by atoms with E-state index < -0.39 is 0 Å². The molecule has 0 atom stereocenters. The van der Waals surface area contributed by atoms with Crippen molar-refractivity contribution in [1.29, 1.82) is 0 Å². The molecule has 0 spiro atoms. The van der Waals surface area contributed by atoms with Crippen LogP contribution < -0.4 is 11.1 Å². The first kappa shape index (κ1) is 22.2. The van der Waals surface area contributed by atoms with Crippen molar-refractivity contribution in [2.75, 3.05) is 18.4 Å². The van der Waals surface area contributed by atoms with Crippen LogP contribution in [0.2, 0.25) is 0 Å². The summed E-state index contributed by atoms with van der Waals surface area (Å²) in [6, 6.07) is 14.5. The van der Waals surface area contributed by atoms with Gasteiger partial charge < -0.3 is 16.0 Å². The average Bonchev–Trinajstić information content (AvgIpc) is 2.63. The Morgan fingerprint density at radius 3 is 2.54 bits per heavy atom. The first-order chi connectivity index (χ1) is 13.0. The molecule has 0 bridgehead atoms. The van der Waals surface area contributed by atoms with Gasteiger partial charge in [0.05, 0.1) is 0 Å². The number of aryl methyl sites for hydroxylation is 2. The van der Waals surface area contributed by atoms with Crippen LogP contribution in [-0.4, -0.2) is 29.9 Å². The maximum absolute atomic E-state index is 12.4.